The molecule has 1 aliphatic rings. The number of halogens is 1. The molecule has 0 aromatic heterocycles. The number of benzene rings is 1. The standard InChI is InChI=1S/C15H21ClN2O4S/c1-22-10-11-23(20,21)18-8-6-17(7-9-18)12-15(19)13-2-4-14(16)5-3-13/h2-5H,6-12H2,1H3. The number of carbonyl (C=O) groups is 1. The molecular formula is C15H21ClN2O4S. The van der Waals surface area contributed by atoms with Gasteiger partial charge in [0.25, 0.3) is 0 Å². The van der Waals surface area contributed by atoms with E-state index in [2.05, 4.69) is 0 Å². The van der Waals surface area contributed by atoms with E-state index in [9.17, 15) is 13.2 Å². The van der Waals surface area contributed by atoms with Crippen LogP contribution in [-0.2, 0) is 14.8 Å². The Labute approximate surface area is 142 Å². The molecule has 1 heterocycles. The van der Waals surface area contributed by atoms with Crippen LogP contribution in [0.2, 0.25) is 5.02 Å². The maximum absolute atomic E-state index is 12.2. The molecule has 0 atom stereocenters. The minimum atomic E-state index is -3.27. The fourth-order valence-corrected chi connectivity index (χ4v) is 3.89. The van der Waals surface area contributed by atoms with Gasteiger partial charge in [-0.25, -0.2) is 8.42 Å². The zero-order chi connectivity index (χ0) is 16.9. The summed E-state index contributed by atoms with van der Waals surface area (Å²) >= 11 is 5.81. The Balaban J connectivity index is 1.85. The van der Waals surface area contributed by atoms with Gasteiger partial charge in [-0.05, 0) is 24.3 Å². The number of piperazine rings is 1. The number of rotatable bonds is 7. The van der Waals surface area contributed by atoms with Crippen molar-refractivity contribution in [3.63, 3.8) is 0 Å². The van der Waals surface area contributed by atoms with Crippen molar-refractivity contribution in [3.05, 3.63) is 34.9 Å². The molecule has 0 bridgehead atoms. The van der Waals surface area contributed by atoms with Crippen LogP contribution in [0.15, 0.2) is 24.3 Å². The van der Waals surface area contributed by atoms with E-state index in [1.54, 1.807) is 24.3 Å². The molecule has 1 aliphatic heterocycles. The average Bonchev–Trinajstić information content (AvgIpc) is 2.54. The highest BCUT2D eigenvalue weighted by molar-refractivity contribution is 7.89. The van der Waals surface area contributed by atoms with Gasteiger partial charge in [-0.15, -0.1) is 0 Å². The van der Waals surface area contributed by atoms with E-state index in [0.717, 1.165) is 0 Å². The first-order valence-corrected chi connectivity index (χ1v) is 9.39. The molecule has 0 saturated carbocycles. The monoisotopic (exact) mass is 360 g/mol. The summed E-state index contributed by atoms with van der Waals surface area (Å²) in [5.41, 5.74) is 0.615. The first kappa shape index (κ1) is 18.4. The van der Waals surface area contributed by atoms with Crippen LogP contribution in [0.3, 0.4) is 0 Å². The number of methoxy groups -OCH3 is 1. The van der Waals surface area contributed by atoms with Crippen molar-refractivity contribution in [3.8, 4) is 0 Å². The predicted octanol–water partition coefficient (Wildman–Crippen LogP) is 1.12. The lowest BCUT2D eigenvalue weighted by atomic mass is 10.1. The molecule has 1 aromatic rings. The summed E-state index contributed by atoms with van der Waals surface area (Å²) in [5, 5.41) is 0.594. The molecule has 0 aliphatic carbocycles. The van der Waals surface area contributed by atoms with E-state index in [4.69, 9.17) is 16.3 Å². The smallest absolute Gasteiger partial charge is 0.216 e. The predicted molar refractivity (Wildman–Crippen MR) is 89.5 cm³/mol. The van der Waals surface area contributed by atoms with Gasteiger partial charge in [0, 0.05) is 43.9 Å². The quantitative estimate of drug-likeness (QED) is 0.682. The van der Waals surface area contributed by atoms with Crippen LogP contribution >= 0.6 is 11.6 Å². The number of carbonyl (C=O) groups excluding carboxylic acids is 1. The topological polar surface area (TPSA) is 66.9 Å². The Morgan fingerprint density at radius 2 is 1.78 bits per heavy atom. The molecule has 1 fully saturated rings. The molecule has 8 heteroatoms. The minimum Gasteiger partial charge on any atom is -0.384 e. The number of hydrogen-bond acceptors (Lipinski definition) is 5. The molecule has 23 heavy (non-hydrogen) atoms. The SMILES string of the molecule is COCCS(=O)(=O)N1CCN(CC(=O)c2ccc(Cl)cc2)CC1. The van der Waals surface area contributed by atoms with Crippen molar-refractivity contribution in [1.82, 2.24) is 9.21 Å². The highest BCUT2D eigenvalue weighted by Crippen LogP contribution is 2.12. The second-order valence-electron chi connectivity index (χ2n) is 5.41. The van der Waals surface area contributed by atoms with Gasteiger partial charge < -0.3 is 4.74 Å². The molecule has 1 saturated heterocycles. The number of nitrogens with zero attached hydrogens (tertiary/aromatic N) is 2. The Kier molecular flexibility index (Phi) is 6.55. The molecule has 0 amide bonds. The lowest BCUT2D eigenvalue weighted by molar-refractivity contribution is 0.0901. The molecule has 6 nitrogen and oxygen atoms in total. The fourth-order valence-electron chi connectivity index (χ4n) is 2.41. The summed E-state index contributed by atoms with van der Waals surface area (Å²) in [6.45, 7) is 2.38. The van der Waals surface area contributed by atoms with E-state index >= 15 is 0 Å². The zero-order valence-corrected chi connectivity index (χ0v) is 14.6. The van der Waals surface area contributed by atoms with E-state index in [1.165, 1.54) is 11.4 Å². The van der Waals surface area contributed by atoms with Crippen LogP contribution in [0.4, 0.5) is 0 Å². The summed E-state index contributed by atoms with van der Waals surface area (Å²) in [6.07, 6.45) is 0. The van der Waals surface area contributed by atoms with E-state index in [-0.39, 0.29) is 24.7 Å². The maximum atomic E-state index is 12.2. The Hall–Kier alpha value is -0.990. The first-order chi connectivity index (χ1) is 10.9. The van der Waals surface area contributed by atoms with Crippen molar-refractivity contribution in [1.29, 1.82) is 0 Å². The molecule has 0 radical (unpaired) electrons. The first-order valence-electron chi connectivity index (χ1n) is 7.40. The second kappa shape index (κ2) is 8.21. The molecule has 0 spiro atoms. The molecule has 128 valence electrons. The van der Waals surface area contributed by atoms with Crippen molar-refractivity contribution < 1.29 is 17.9 Å². The van der Waals surface area contributed by atoms with Crippen LogP contribution in [0.1, 0.15) is 10.4 Å². The lowest BCUT2D eigenvalue weighted by Gasteiger charge is -2.33. The van der Waals surface area contributed by atoms with Gasteiger partial charge in [0.1, 0.15) is 0 Å². The average molecular weight is 361 g/mol. The third-order valence-electron chi connectivity index (χ3n) is 3.80. The molecular weight excluding hydrogens is 340 g/mol. The highest BCUT2D eigenvalue weighted by atomic mass is 35.5. The molecule has 2 rings (SSSR count). The number of hydrogen-bond donors (Lipinski definition) is 0. The highest BCUT2D eigenvalue weighted by Gasteiger charge is 2.27. The second-order valence-corrected chi connectivity index (χ2v) is 7.94. The molecule has 0 unspecified atom stereocenters. The normalized spacial score (nSPS) is 17.3. The van der Waals surface area contributed by atoms with Gasteiger partial charge in [-0.1, -0.05) is 11.6 Å². The fraction of sp³-hybridized carbons (Fsp3) is 0.533. The summed E-state index contributed by atoms with van der Waals surface area (Å²) < 4.78 is 30.4. The van der Waals surface area contributed by atoms with Gasteiger partial charge in [0.15, 0.2) is 5.78 Å². The number of ether oxygens (including phenoxy) is 1. The zero-order valence-electron chi connectivity index (χ0n) is 13.1. The third-order valence-corrected chi connectivity index (χ3v) is 5.89. The number of ketones is 1. The summed E-state index contributed by atoms with van der Waals surface area (Å²) in [7, 11) is -1.79. The van der Waals surface area contributed by atoms with Crippen LogP contribution in [0.5, 0.6) is 0 Å². The van der Waals surface area contributed by atoms with Gasteiger partial charge in [0.2, 0.25) is 10.0 Å². The Morgan fingerprint density at radius 3 is 2.35 bits per heavy atom. The third kappa shape index (κ3) is 5.26. The van der Waals surface area contributed by atoms with E-state index in [1.807, 2.05) is 4.90 Å². The number of sulfonamides is 1. The van der Waals surface area contributed by atoms with Gasteiger partial charge in [-0.2, -0.15) is 4.31 Å². The van der Waals surface area contributed by atoms with E-state index < -0.39 is 10.0 Å². The van der Waals surface area contributed by atoms with Gasteiger partial charge >= 0.3 is 0 Å². The van der Waals surface area contributed by atoms with Crippen LogP contribution < -0.4 is 0 Å². The number of Topliss-reactive ketones (excluding diaryl/α,β-unsaturated/α-hetero) is 1. The van der Waals surface area contributed by atoms with Crippen LogP contribution in [-0.4, -0.2) is 75.6 Å². The van der Waals surface area contributed by atoms with Gasteiger partial charge in [0.05, 0.1) is 18.9 Å². The van der Waals surface area contributed by atoms with Crippen LogP contribution in [0, 0.1) is 0 Å². The van der Waals surface area contributed by atoms with Gasteiger partial charge in [-0.3, -0.25) is 9.69 Å². The van der Waals surface area contributed by atoms with E-state index in [0.29, 0.717) is 36.8 Å². The molecule has 1 aromatic carbocycles. The minimum absolute atomic E-state index is 0.00674. The maximum Gasteiger partial charge on any atom is 0.216 e. The summed E-state index contributed by atoms with van der Waals surface area (Å²) in [5.74, 6) is 0.00470. The largest absolute Gasteiger partial charge is 0.384 e. The Morgan fingerprint density at radius 1 is 1.17 bits per heavy atom. The lowest BCUT2D eigenvalue weighted by Crippen LogP contribution is -2.50. The van der Waals surface area contributed by atoms with Crippen molar-refractivity contribution in [2.75, 3.05) is 52.2 Å². The summed E-state index contributed by atoms with van der Waals surface area (Å²) in [4.78, 5) is 14.2. The van der Waals surface area contributed by atoms with Crippen molar-refractivity contribution in [2.24, 2.45) is 0 Å². The Bertz CT molecular complexity index is 625. The van der Waals surface area contributed by atoms with Crippen LogP contribution in [0.25, 0.3) is 0 Å². The summed E-state index contributed by atoms with van der Waals surface area (Å²) in [6, 6.07) is 6.79. The molecule has 0 N–H and O–H groups in total. The van der Waals surface area contributed by atoms with Crippen molar-refractivity contribution >= 4 is 27.4 Å². The van der Waals surface area contributed by atoms with Crippen molar-refractivity contribution in [2.45, 2.75) is 0 Å².